The van der Waals surface area contributed by atoms with Crippen LogP contribution >= 0.6 is 0 Å². The Morgan fingerprint density at radius 2 is 1.94 bits per heavy atom. The molecule has 3 aromatic rings. The Morgan fingerprint density at radius 1 is 1.16 bits per heavy atom. The Kier molecular flexibility index (Phi) is 5.13. The van der Waals surface area contributed by atoms with E-state index in [1.165, 1.54) is 12.1 Å². The van der Waals surface area contributed by atoms with E-state index in [9.17, 15) is 14.9 Å². The number of nitrogens with one attached hydrogen (secondary N) is 1. The van der Waals surface area contributed by atoms with Crippen LogP contribution in [0.3, 0.4) is 0 Å². The van der Waals surface area contributed by atoms with Gasteiger partial charge in [0, 0.05) is 17.8 Å². The summed E-state index contributed by atoms with van der Waals surface area (Å²) in [6.45, 7) is 1.82. The molecule has 1 atom stereocenters. The van der Waals surface area contributed by atoms with Gasteiger partial charge in [-0.1, -0.05) is 30.7 Å². The largest absolute Gasteiger partial charge is 0.459 e. The van der Waals surface area contributed by atoms with Crippen molar-refractivity contribution in [3.63, 3.8) is 0 Å². The molecule has 1 fully saturated rings. The van der Waals surface area contributed by atoms with E-state index in [4.69, 9.17) is 4.74 Å². The van der Waals surface area contributed by atoms with E-state index in [2.05, 4.69) is 10.3 Å². The molecule has 1 aliphatic heterocycles. The van der Waals surface area contributed by atoms with Crippen molar-refractivity contribution in [2.45, 2.75) is 51.2 Å². The van der Waals surface area contributed by atoms with Gasteiger partial charge in [0.1, 0.15) is 6.10 Å². The Balaban J connectivity index is 1.64. The quantitative estimate of drug-likeness (QED) is 0.349. The first-order valence-electron chi connectivity index (χ1n) is 10.9. The average molecular weight is 432 g/mol. The first kappa shape index (κ1) is 20.2. The van der Waals surface area contributed by atoms with Crippen LogP contribution in [0, 0.1) is 10.1 Å². The number of hydrogen-bond donors (Lipinski definition) is 1. The number of nitrogens with zero attached hydrogens (tertiary/aromatic N) is 3. The molecule has 5 rings (SSSR count). The number of aromatic nitrogens is 2. The molecule has 0 radical (unpaired) electrons. The van der Waals surface area contributed by atoms with Crippen molar-refractivity contribution >= 4 is 28.6 Å². The van der Waals surface area contributed by atoms with Gasteiger partial charge in [-0.25, -0.2) is 9.78 Å². The summed E-state index contributed by atoms with van der Waals surface area (Å²) >= 11 is 0. The number of carbonyl (C=O) groups excluding carboxylic acids is 1. The van der Waals surface area contributed by atoms with Gasteiger partial charge in [-0.3, -0.25) is 14.7 Å². The Hall–Kier alpha value is -3.68. The molecule has 1 saturated carbocycles. The number of hydrogen-bond acceptors (Lipinski definition) is 6. The van der Waals surface area contributed by atoms with E-state index in [-0.39, 0.29) is 17.8 Å². The van der Waals surface area contributed by atoms with E-state index in [1.807, 2.05) is 41.8 Å². The van der Waals surface area contributed by atoms with Gasteiger partial charge < -0.3 is 10.1 Å². The second-order valence-electron chi connectivity index (χ2n) is 8.38. The third kappa shape index (κ3) is 3.51. The van der Waals surface area contributed by atoms with Gasteiger partial charge in [-0.05, 0) is 50.3 Å². The van der Waals surface area contributed by atoms with E-state index in [0.717, 1.165) is 43.1 Å². The Bertz CT molecular complexity index is 1240. The van der Waals surface area contributed by atoms with E-state index in [0.29, 0.717) is 22.8 Å². The van der Waals surface area contributed by atoms with Crippen molar-refractivity contribution in [3.8, 4) is 0 Å². The zero-order valence-corrected chi connectivity index (χ0v) is 17.8. The maximum Gasteiger partial charge on any atom is 0.338 e. The predicted molar refractivity (Wildman–Crippen MR) is 120 cm³/mol. The number of benzene rings is 2. The number of imidazole rings is 1. The standard InChI is InChI=1S/C24H24N4O4/c1-15-21(23(29)32-18-10-3-2-4-11-18)22(16-8-7-9-17(14-16)28(30)31)27-20-13-6-5-12-19(20)26-24(27)25-15/h5-9,12-14,18,22H,2-4,10-11H2,1H3,(H,25,26)/t22-/m1/s1. The van der Waals surface area contributed by atoms with Gasteiger partial charge >= 0.3 is 5.97 Å². The zero-order chi connectivity index (χ0) is 22.2. The molecule has 164 valence electrons. The molecule has 0 unspecified atom stereocenters. The van der Waals surface area contributed by atoms with Crippen molar-refractivity contribution in [2.75, 3.05) is 5.32 Å². The molecule has 1 N–H and O–H groups in total. The Labute approximate surface area is 185 Å². The van der Waals surface area contributed by atoms with Gasteiger partial charge in [0.2, 0.25) is 5.95 Å². The fraction of sp³-hybridized carbons (Fsp3) is 0.333. The lowest BCUT2D eigenvalue weighted by Gasteiger charge is -2.31. The molecule has 32 heavy (non-hydrogen) atoms. The van der Waals surface area contributed by atoms with E-state index >= 15 is 0 Å². The van der Waals surface area contributed by atoms with Gasteiger partial charge in [0.15, 0.2) is 0 Å². The molecule has 0 amide bonds. The van der Waals surface area contributed by atoms with Crippen molar-refractivity contribution in [3.05, 3.63) is 75.5 Å². The number of carbonyl (C=O) groups is 1. The minimum Gasteiger partial charge on any atom is -0.459 e. The second-order valence-corrected chi connectivity index (χ2v) is 8.38. The smallest absolute Gasteiger partial charge is 0.338 e. The summed E-state index contributed by atoms with van der Waals surface area (Å²) in [7, 11) is 0. The summed E-state index contributed by atoms with van der Waals surface area (Å²) in [4.78, 5) is 29.2. The SMILES string of the molecule is CC1=C(C(=O)OC2CCCCC2)[C@@H](c2cccc([N+](=O)[O-])c2)n2c(nc3ccccc32)N1. The van der Waals surface area contributed by atoms with Crippen LogP contribution in [-0.4, -0.2) is 26.5 Å². The summed E-state index contributed by atoms with van der Waals surface area (Å²) < 4.78 is 7.86. The number of nitro groups is 1. The number of allylic oxidation sites excluding steroid dienone is 1. The number of nitro benzene ring substituents is 1. The molecule has 0 saturated heterocycles. The lowest BCUT2D eigenvalue weighted by molar-refractivity contribution is -0.384. The highest BCUT2D eigenvalue weighted by Gasteiger charge is 2.36. The van der Waals surface area contributed by atoms with Crippen LogP contribution in [0.25, 0.3) is 11.0 Å². The highest BCUT2D eigenvalue weighted by molar-refractivity contribution is 5.94. The van der Waals surface area contributed by atoms with Gasteiger partial charge in [0.05, 0.1) is 27.6 Å². The lowest BCUT2D eigenvalue weighted by atomic mass is 9.94. The van der Waals surface area contributed by atoms with Crippen LogP contribution in [0.15, 0.2) is 59.8 Å². The number of para-hydroxylation sites is 2. The van der Waals surface area contributed by atoms with Gasteiger partial charge in [0.25, 0.3) is 5.69 Å². The fourth-order valence-corrected chi connectivity index (χ4v) is 4.75. The summed E-state index contributed by atoms with van der Waals surface area (Å²) in [6, 6.07) is 13.5. The first-order chi connectivity index (χ1) is 15.5. The van der Waals surface area contributed by atoms with Crippen LogP contribution in [0.5, 0.6) is 0 Å². The number of anilines is 1. The van der Waals surface area contributed by atoms with Crippen molar-refractivity contribution in [1.82, 2.24) is 9.55 Å². The molecular weight excluding hydrogens is 408 g/mol. The first-order valence-corrected chi connectivity index (χ1v) is 10.9. The number of rotatable bonds is 4. The molecule has 2 heterocycles. The minimum atomic E-state index is -0.588. The maximum absolute atomic E-state index is 13.5. The highest BCUT2D eigenvalue weighted by Crippen LogP contribution is 2.40. The number of non-ortho nitro benzene ring substituents is 1. The van der Waals surface area contributed by atoms with E-state index < -0.39 is 11.0 Å². The summed E-state index contributed by atoms with van der Waals surface area (Å²) in [6.07, 6.45) is 4.91. The molecule has 8 nitrogen and oxygen atoms in total. The fourth-order valence-electron chi connectivity index (χ4n) is 4.75. The van der Waals surface area contributed by atoms with Crippen molar-refractivity contribution in [2.24, 2.45) is 0 Å². The molecule has 0 spiro atoms. The lowest BCUT2D eigenvalue weighted by Crippen LogP contribution is -2.31. The molecule has 0 bridgehead atoms. The van der Waals surface area contributed by atoms with Crippen LogP contribution in [0.1, 0.15) is 50.6 Å². The van der Waals surface area contributed by atoms with Gasteiger partial charge in [-0.2, -0.15) is 0 Å². The molecule has 2 aliphatic rings. The monoisotopic (exact) mass is 432 g/mol. The summed E-state index contributed by atoms with van der Waals surface area (Å²) in [5.74, 6) is 0.205. The number of ether oxygens (including phenoxy) is 1. The topological polar surface area (TPSA) is 99.3 Å². The Morgan fingerprint density at radius 3 is 2.72 bits per heavy atom. The van der Waals surface area contributed by atoms with Gasteiger partial charge in [-0.15, -0.1) is 0 Å². The number of fused-ring (bicyclic) bond motifs is 3. The summed E-state index contributed by atoms with van der Waals surface area (Å²) in [5.41, 5.74) is 3.32. The predicted octanol–water partition coefficient (Wildman–Crippen LogP) is 5.11. The normalized spacial score (nSPS) is 18.8. The van der Waals surface area contributed by atoms with Crippen LogP contribution in [0.2, 0.25) is 0 Å². The zero-order valence-electron chi connectivity index (χ0n) is 17.8. The summed E-state index contributed by atoms with van der Waals surface area (Å²) in [5, 5.41) is 14.7. The average Bonchev–Trinajstić information content (AvgIpc) is 3.16. The molecule has 8 heteroatoms. The third-order valence-electron chi connectivity index (χ3n) is 6.27. The van der Waals surface area contributed by atoms with Crippen LogP contribution < -0.4 is 5.32 Å². The van der Waals surface area contributed by atoms with E-state index in [1.54, 1.807) is 6.07 Å². The molecule has 1 aliphatic carbocycles. The molecule has 2 aromatic carbocycles. The highest BCUT2D eigenvalue weighted by atomic mass is 16.6. The second kappa shape index (κ2) is 8.11. The number of esters is 1. The third-order valence-corrected chi connectivity index (χ3v) is 6.27. The molecule has 1 aromatic heterocycles. The van der Waals surface area contributed by atoms with Crippen molar-refractivity contribution in [1.29, 1.82) is 0 Å². The van der Waals surface area contributed by atoms with Crippen LogP contribution in [-0.2, 0) is 9.53 Å². The minimum absolute atomic E-state index is 0.0235. The maximum atomic E-state index is 13.5. The molecular formula is C24H24N4O4. The van der Waals surface area contributed by atoms with Crippen molar-refractivity contribution < 1.29 is 14.5 Å². The van der Waals surface area contributed by atoms with Crippen LogP contribution in [0.4, 0.5) is 11.6 Å².